The maximum Gasteiger partial charge on any atom is 0.238 e. The van der Waals surface area contributed by atoms with Gasteiger partial charge in [0, 0.05) is 24.1 Å². The lowest BCUT2D eigenvalue weighted by atomic mass is 9.86. The molecule has 0 aromatic carbocycles. The number of nitrogens with one attached hydrogen (secondary N) is 2. The smallest absolute Gasteiger partial charge is 0.238 e. The van der Waals surface area contributed by atoms with Gasteiger partial charge in [-0.3, -0.25) is 4.79 Å². The molecule has 2 aliphatic rings. The third-order valence-electron chi connectivity index (χ3n) is 3.68. The first-order valence-electron chi connectivity index (χ1n) is 6.39. The van der Waals surface area contributed by atoms with Crippen LogP contribution in [-0.4, -0.2) is 36.0 Å². The van der Waals surface area contributed by atoms with Gasteiger partial charge < -0.3 is 10.6 Å². The third kappa shape index (κ3) is 3.14. The van der Waals surface area contributed by atoms with Crippen LogP contribution >= 0.6 is 11.8 Å². The van der Waals surface area contributed by atoms with Crippen LogP contribution in [0.15, 0.2) is 0 Å². The average molecular weight is 242 g/mol. The maximum atomic E-state index is 12.0. The lowest BCUT2D eigenvalue weighted by Crippen LogP contribution is -2.53. The van der Waals surface area contributed by atoms with Crippen molar-refractivity contribution < 1.29 is 4.79 Å². The number of thioether (sulfide) groups is 1. The third-order valence-corrected chi connectivity index (χ3v) is 4.74. The predicted molar refractivity (Wildman–Crippen MR) is 68.7 cm³/mol. The first-order chi connectivity index (χ1) is 7.77. The van der Waals surface area contributed by atoms with Crippen LogP contribution in [0.4, 0.5) is 0 Å². The molecule has 1 saturated heterocycles. The summed E-state index contributed by atoms with van der Waals surface area (Å²) in [6.45, 7) is 3.22. The van der Waals surface area contributed by atoms with Crippen LogP contribution in [0.25, 0.3) is 0 Å². The highest BCUT2D eigenvalue weighted by atomic mass is 32.2. The fourth-order valence-corrected chi connectivity index (χ4v) is 3.48. The highest BCUT2D eigenvalue weighted by molar-refractivity contribution is 7.99. The monoisotopic (exact) mass is 242 g/mol. The molecule has 2 rings (SSSR count). The number of hydrogen-bond acceptors (Lipinski definition) is 3. The summed E-state index contributed by atoms with van der Waals surface area (Å²) in [4.78, 5) is 12.0. The van der Waals surface area contributed by atoms with E-state index >= 15 is 0 Å². The van der Waals surface area contributed by atoms with E-state index in [1.165, 1.54) is 19.3 Å². The lowest BCUT2D eigenvalue weighted by molar-refractivity contribution is -0.123. The minimum absolute atomic E-state index is 0.0351. The summed E-state index contributed by atoms with van der Waals surface area (Å²) in [6, 6.07) is 0.447. The van der Waals surface area contributed by atoms with Crippen LogP contribution < -0.4 is 10.6 Å². The molecule has 1 aliphatic carbocycles. The summed E-state index contributed by atoms with van der Waals surface area (Å²) in [5.74, 6) is 2.91. The molecule has 2 N–H and O–H groups in total. The SMILES string of the molecule is CC1CCCCC1NC(=O)C1CSCCN1. The van der Waals surface area contributed by atoms with E-state index in [-0.39, 0.29) is 11.9 Å². The molecule has 2 fully saturated rings. The number of rotatable bonds is 2. The number of carbonyl (C=O) groups is 1. The standard InChI is InChI=1S/C12H22N2OS/c1-9-4-2-3-5-10(9)14-12(15)11-8-16-7-6-13-11/h9-11,13H,2-8H2,1H3,(H,14,15). The Morgan fingerprint density at radius 2 is 2.19 bits per heavy atom. The van der Waals surface area contributed by atoms with Gasteiger partial charge in [-0.2, -0.15) is 11.8 Å². The van der Waals surface area contributed by atoms with Gasteiger partial charge in [0.2, 0.25) is 5.91 Å². The molecular weight excluding hydrogens is 220 g/mol. The summed E-state index contributed by atoms with van der Waals surface area (Å²) in [6.07, 6.45) is 5.01. The Morgan fingerprint density at radius 1 is 1.38 bits per heavy atom. The maximum absolute atomic E-state index is 12.0. The fourth-order valence-electron chi connectivity index (χ4n) is 2.55. The van der Waals surface area contributed by atoms with Gasteiger partial charge in [0.25, 0.3) is 0 Å². The van der Waals surface area contributed by atoms with Crippen molar-refractivity contribution in [1.82, 2.24) is 10.6 Å². The number of carbonyl (C=O) groups excluding carboxylic acids is 1. The van der Waals surface area contributed by atoms with Gasteiger partial charge in [-0.1, -0.05) is 19.8 Å². The highest BCUT2D eigenvalue weighted by Gasteiger charge is 2.27. The highest BCUT2D eigenvalue weighted by Crippen LogP contribution is 2.23. The molecule has 1 amide bonds. The Bertz CT molecular complexity index is 241. The van der Waals surface area contributed by atoms with E-state index in [4.69, 9.17) is 0 Å². The molecule has 16 heavy (non-hydrogen) atoms. The van der Waals surface area contributed by atoms with Crippen molar-refractivity contribution in [2.24, 2.45) is 5.92 Å². The molecule has 4 heteroatoms. The fraction of sp³-hybridized carbons (Fsp3) is 0.917. The Morgan fingerprint density at radius 3 is 2.88 bits per heavy atom. The normalized spacial score (nSPS) is 35.7. The van der Waals surface area contributed by atoms with E-state index in [0.717, 1.165) is 24.5 Å². The summed E-state index contributed by atoms with van der Waals surface area (Å²) < 4.78 is 0. The molecule has 0 aromatic heterocycles. The van der Waals surface area contributed by atoms with Crippen molar-refractivity contribution >= 4 is 17.7 Å². The van der Waals surface area contributed by atoms with Gasteiger partial charge in [-0.05, 0) is 18.8 Å². The molecule has 0 bridgehead atoms. The molecule has 3 atom stereocenters. The van der Waals surface area contributed by atoms with E-state index in [0.29, 0.717) is 12.0 Å². The second-order valence-electron chi connectivity index (χ2n) is 4.96. The van der Waals surface area contributed by atoms with Gasteiger partial charge in [-0.15, -0.1) is 0 Å². The van der Waals surface area contributed by atoms with Crippen molar-refractivity contribution in [3.05, 3.63) is 0 Å². The van der Waals surface area contributed by atoms with Gasteiger partial charge in [0.1, 0.15) is 0 Å². The zero-order valence-corrected chi connectivity index (χ0v) is 10.8. The number of amides is 1. The molecule has 1 aliphatic heterocycles. The quantitative estimate of drug-likeness (QED) is 0.769. The van der Waals surface area contributed by atoms with Crippen molar-refractivity contribution in [2.75, 3.05) is 18.1 Å². The van der Waals surface area contributed by atoms with Crippen LogP contribution in [-0.2, 0) is 4.79 Å². The zero-order chi connectivity index (χ0) is 11.4. The minimum Gasteiger partial charge on any atom is -0.352 e. The molecule has 1 saturated carbocycles. The molecule has 0 aromatic rings. The first-order valence-corrected chi connectivity index (χ1v) is 7.54. The predicted octanol–water partition coefficient (Wildman–Crippen LogP) is 1.39. The van der Waals surface area contributed by atoms with Crippen LogP contribution in [0.1, 0.15) is 32.6 Å². The van der Waals surface area contributed by atoms with Gasteiger partial charge >= 0.3 is 0 Å². The second kappa shape index (κ2) is 5.92. The lowest BCUT2D eigenvalue weighted by Gasteiger charge is -2.31. The molecule has 0 spiro atoms. The van der Waals surface area contributed by atoms with Crippen LogP contribution in [0.5, 0.6) is 0 Å². The van der Waals surface area contributed by atoms with E-state index in [2.05, 4.69) is 17.6 Å². The molecular formula is C12H22N2OS. The van der Waals surface area contributed by atoms with Crippen molar-refractivity contribution in [3.63, 3.8) is 0 Å². The van der Waals surface area contributed by atoms with E-state index in [1.54, 1.807) is 0 Å². The van der Waals surface area contributed by atoms with Crippen molar-refractivity contribution in [2.45, 2.75) is 44.7 Å². The summed E-state index contributed by atoms with van der Waals surface area (Å²) in [7, 11) is 0. The first kappa shape index (κ1) is 12.2. The van der Waals surface area contributed by atoms with E-state index < -0.39 is 0 Å². The molecule has 1 heterocycles. The topological polar surface area (TPSA) is 41.1 Å². The summed E-state index contributed by atoms with van der Waals surface area (Å²) in [5, 5.41) is 6.51. The van der Waals surface area contributed by atoms with Crippen LogP contribution in [0, 0.1) is 5.92 Å². The molecule has 3 unspecified atom stereocenters. The Hall–Kier alpha value is -0.220. The average Bonchev–Trinajstić information content (AvgIpc) is 2.33. The van der Waals surface area contributed by atoms with Crippen molar-refractivity contribution in [3.8, 4) is 0 Å². The van der Waals surface area contributed by atoms with Crippen LogP contribution in [0.3, 0.4) is 0 Å². The Balaban J connectivity index is 1.80. The minimum atomic E-state index is 0.0351. The second-order valence-corrected chi connectivity index (χ2v) is 6.11. The Kier molecular flexibility index (Phi) is 4.53. The van der Waals surface area contributed by atoms with E-state index in [1.807, 2.05) is 11.8 Å². The largest absolute Gasteiger partial charge is 0.352 e. The van der Waals surface area contributed by atoms with Gasteiger partial charge in [0.15, 0.2) is 0 Å². The molecule has 3 nitrogen and oxygen atoms in total. The van der Waals surface area contributed by atoms with Gasteiger partial charge in [0.05, 0.1) is 6.04 Å². The van der Waals surface area contributed by atoms with Crippen LogP contribution in [0.2, 0.25) is 0 Å². The van der Waals surface area contributed by atoms with Crippen molar-refractivity contribution in [1.29, 1.82) is 0 Å². The van der Waals surface area contributed by atoms with E-state index in [9.17, 15) is 4.79 Å². The summed E-state index contributed by atoms with van der Waals surface area (Å²) >= 11 is 1.87. The molecule has 0 radical (unpaired) electrons. The summed E-state index contributed by atoms with van der Waals surface area (Å²) in [5.41, 5.74) is 0. The number of hydrogen-bond donors (Lipinski definition) is 2. The zero-order valence-electron chi connectivity index (χ0n) is 10.00. The van der Waals surface area contributed by atoms with Gasteiger partial charge in [-0.25, -0.2) is 0 Å². The molecule has 92 valence electrons. The Labute approximate surface area is 102 Å².